The fourth-order valence-electron chi connectivity index (χ4n) is 2.47. The highest BCUT2D eigenvalue weighted by atomic mass is 16.7. The first-order chi connectivity index (χ1) is 10.8. The van der Waals surface area contributed by atoms with E-state index in [9.17, 15) is 0 Å². The Balaban J connectivity index is 1.98. The Morgan fingerprint density at radius 2 is 1.36 bits per heavy atom. The molecule has 0 aliphatic heterocycles. The Hall–Kier alpha value is -1.68. The summed E-state index contributed by atoms with van der Waals surface area (Å²) in [6.07, 6.45) is -0.0842. The number of hydroxylamine groups is 1. The van der Waals surface area contributed by atoms with Crippen LogP contribution in [-0.4, -0.2) is 31.1 Å². The minimum Gasteiger partial charge on any atom is -0.303 e. The van der Waals surface area contributed by atoms with Crippen molar-refractivity contribution in [2.45, 2.75) is 20.0 Å². The number of rotatable bonds is 9. The second kappa shape index (κ2) is 9.36. The van der Waals surface area contributed by atoms with E-state index in [2.05, 4.69) is 48.5 Å². The first kappa shape index (κ1) is 16.7. The van der Waals surface area contributed by atoms with Gasteiger partial charge in [-0.25, -0.2) is 5.48 Å². The van der Waals surface area contributed by atoms with E-state index < -0.39 is 0 Å². The molecule has 2 aromatic rings. The summed E-state index contributed by atoms with van der Waals surface area (Å²) >= 11 is 0. The molecule has 1 N–H and O–H groups in total. The fourth-order valence-corrected chi connectivity index (χ4v) is 2.47. The van der Waals surface area contributed by atoms with Crippen molar-refractivity contribution in [3.63, 3.8) is 0 Å². The van der Waals surface area contributed by atoms with Gasteiger partial charge in [0.15, 0.2) is 0 Å². The van der Waals surface area contributed by atoms with Gasteiger partial charge in [0, 0.05) is 13.1 Å². The van der Waals surface area contributed by atoms with Gasteiger partial charge in [-0.05, 0) is 24.2 Å². The zero-order valence-electron chi connectivity index (χ0n) is 13.5. The molecule has 0 radical (unpaired) electrons. The molecule has 0 aliphatic rings. The van der Waals surface area contributed by atoms with Crippen LogP contribution in [0.5, 0.6) is 0 Å². The van der Waals surface area contributed by atoms with Gasteiger partial charge in [-0.1, -0.05) is 74.5 Å². The van der Waals surface area contributed by atoms with Crippen molar-refractivity contribution < 1.29 is 4.84 Å². The molecule has 0 saturated heterocycles. The smallest absolute Gasteiger partial charge is 0.129 e. The molecule has 0 aliphatic carbocycles. The van der Waals surface area contributed by atoms with Gasteiger partial charge in [-0.15, -0.1) is 0 Å². The quantitative estimate of drug-likeness (QED) is 0.565. The number of likely N-dealkylation sites (N-methyl/N-ethyl adjacent to an activating group) is 1. The summed E-state index contributed by atoms with van der Waals surface area (Å²) in [6.45, 7) is 8.31. The summed E-state index contributed by atoms with van der Waals surface area (Å²) in [6, 6.07) is 20.6. The molecule has 0 bridgehead atoms. The van der Waals surface area contributed by atoms with E-state index in [1.807, 2.05) is 36.4 Å². The van der Waals surface area contributed by atoms with Crippen LogP contribution in [0.4, 0.5) is 0 Å². The van der Waals surface area contributed by atoms with E-state index in [-0.39, 0.29) is 6.10 Å². The number of hydrogen-bond acceptors (Lipinski definition) is 3. The maximum absolute atomic E-state index is 5.98. The third-order valence-electron chi connectivity index (χ3n) is 3.83. The van der Waals surface area contributed by atoms with E-state index in [1.54, 1.807) is 0 Å². The lowest BCUT2D eigenvalue weighted by Gasteiger charge is -2.21. The van der Waals surface area contributed by atoms with E-state index in [1.165, 1.54) is 0 Å². The summed E-state index contributed by atoms with van der Waals surface area (Å²) in [5.41, 5.74) is 5.45. The van der Waals surface area contributed by atoms with Gasteiger partial charge in [0.25, 0.3) is 0 Å². The topological polar surface area (TPSA) is 24.5 Å². The Morgan fingerprint density at radius 1 is 0.864 bits per heavy atom. The highest BCUT2D eigenvalue weighted by Gasteiger charge is 2.14. The van der Waals surface area contributed by atoms with Gasteiger partial charge in [0.2, 0.25) is 0 Å². The molecule has 0 aromatic heterocycles. The minimum atomic E-state index is -0.0842. The van der Waals surface area contributed by atoms with E-state index >= 15 is 0 Å². The molecule has 22 heavy (non-hydrogen) atoms. The minimum absolute atomic E-state index is 0.0842. The SMILES string of the molecule is CCN(CC)CCNOC(c1ccccc1)c1ccccc1. The Morgan fingerprint density at radius 3 is 1.82 bits per heavy atom. The zero-order valence-corrected chi connectivity index (χ0v) is 13.5. The van der Waals surface area contributed by atoms with Crippen LogP contribution in [0.25, 0.3) is 0 Å². The second-order valence-corrected chi connectivity index (χ2v) is 5.24. The van der Waals surface area contributed by atoms with Crippen LogP contribution in [0.3, 0.4) is 0 Å². The van der Waals surface area contributed by atoms with Crippen molar-refractivity contribution >= 4 is 0 Å². The maximum Gasteiger partial charge on any atom is 0.129 e. The Bertz CT molecular complexity index is 472. The molecule has 0 unspecified atom stereocenters. The average molecular weight is 298 g/mol. The largest absolute Gasteiger partial charge is 0.303 e. The van der Waals surface area contributed by atoms with Crippen LogP contribution in [0.2, 0.25) is 0 Å². The van der Waals surface area contributed by atoms with Gasteiger partial charge in [0.1, 0.15) is 6.10 Å². The molecule has 2 aromatic carbocycles. The van der Waals surface area contributed by atoms with Crippen LogP contribution < -0.4 is 5.48 Å². The number of nitrogens with one attached hydrogen (secondary N) is 1. The number of hydrogen-bond donors (Lipinski definition) is 1. The molecule has 0 fully saturated rings. The van der Waals surface area contributed by atoms with Crippen LogP contribution in [0.15, 0.2) is 60.7 Å². The van der Waals surface area contributed by atoms with E-state index in [0.717, 1.165) is 37.3 Å². The maximum atomic E-state index is 5.98. The van der Waals surface area contributed by atoms with Gasteiger partial charge < -0.3 is 4.90 Å². The van der Waals surface area contributed by atoms with Gasteiger partial charge in [-0.3, -0.25) is 4.84 Å². The summed E-state index contributed by atoms with van der Waals surface area (Å²) < 4.78 is 0. The summed E-state index contributed by atoms with van der Waals surface area (Å²) in [5.74, 6) is 0. The van der Waals surface area contributed by atoms with Gasteiger partial charge >= 0.3 is 0 Å². The lowest BCUT2D eigenvalue weighted by Crippen LogP contribution is -2.32. The third-order valence-corrected chi connectivity index (χ3v) is 3.83. The van der Waals surface area contributed by atoms with Gasteiger partial charge in [0.05, 0.1) is 0 Å². The molecule has 0 heterocycles. The summed E-state index contributed by atoms with van der Waals surface area (Å²) in [5, 5.41) is 0. The van der Waals surface area contributed by atoms with Crippen molar-refractivity contribution in [3.8, 4) is 0 Å². The molecule has 3 nitrogen and oxygen atoms in total. The predicted molar refractivity (Wildman–Crippen MR) is 91.6 cm³/mol. The molecular formula is C19H26N2O. The highest BCUT2D eigenvalue weighted by molar-refractivity contribution is 5.29. The summed E-state index contributed by atoms with van der Waals surface area (Å²) in [4.78, 5) is 8.35. The molecule has 0 amide bonds. The van der Waals surface area contributed by atoms with Crippen LogP contribution in [-0.2, 0) is 4.84 Å². The van der Waals surface area contributed by atoms with Crippen LogP contribution in [0.1, 0.15) is 31.1 Å². The lowest BCUT2D eigenvalue weighted by molar-refractivity contribution is -0.00799. The lowest BCUT2D eigenvalue weighted by atomic mass is 10.0. The Labute approximate surface area is 133 Å². The highest BCUT2D eigenvalue weighted by Crippen LogP contribution is 2.24. The van der Waals surface area contributed by atoms with Crippen LogP contribution >= 0.6 is 0 Å². The molecule has 3 heteroatoms. The molecule has 0 spiro atoms. The van der Waals surface area contributed by atoms with Crippen LogP contribution in [0, 0.1) is 0 Å². The second-order valence-electron chi connectivity index (χ2n) is 5.24. The van der Waals surface area contributed by atoms with Crippen molar-refractivity contribution in [1.29, 1.82) is 0 Å². The van der Waals surface area contributed by atoms with E-state index in [0.29, 0.717) is 0 Å². The Kier molecular flexibility index (Phi) is 7.10. The summed E-state index contributed by atoms with van der Waals surface area (Å²) in [7, 11) is 0. The monoisotopic (exact) mass is 298 g/mol. The fraction of sp³-hybridized carbons (Fsp3) is 0.368. The normalized spacial score (nSPS) is 11.3. The average Bonchev–Trinajstić information content (AvgIpc) is 2.60. The number of nitrogens with zero attached hydrogens (tertiary/aromatic N) is 1. The van der Waals surface area contributed by atoms with Crippen molar-refractivity contribution in [3.05, 3.63) is 71.8 Å². The standard InChI is InChI=1S/C19H26N2O/c1-3-21(4-2)16-15-20-22-19(17-11-7-5-8-12-17)18-13-9-6-10-14-18/h5-14,19-20H,3-4,15-16H2,1-2H3. The molecular weight excluding hydrogens is 272 g/mol. The molecule has 0 saturated carbocycles. The third kappa shape index (κ3) is 4.95. The molecule has 0 atom stereocenters. The van der Waals surface area contributed by atoms with Gasteiger partial charge in [-0.2, -0.15) is 0 Å². The zero-order chi connectivity index (χ0) is 15.6. The predicted octanol–water partition coefficient (Wildman–Crippen LogP) is 3.64. The van der Waals surface area contributed by atoms with Crippen molar-refractivity contribution in [1.82, 2.24) is 10.4 Å². The molecule has 118 valence electrons. The first-order valence-corrected chi connectivity index (χ1v) is 8.05. The van der Waals surface area contributed by atoms with E-state index in [4.69, 9.17) is 4.84 Å². The van der Waals surface area contributed by atoms with Crippen molar-refractivity contribution in [2.75, 3.05) is 26.2 Å². The first-order valence-electron chi connectivity index (χ1n) is 8.05. The molecule has 2 rings (SSSR count). The number of benzene rings is 2. The van der Waals surface area contributed by atoms with Crippen molar-refractivity contribution in [2.24, 2.45) is 0 Å².